The summed E-state index contributed by atoms with van der Waals surface area (Å²) in [4.78, 5) is 0. The largest absolute Gasteiger partial charge is 0.232 e. The maximum absolute atomic E-state index is 4.14. The van der Waals surface area contributed by atoms with Gasteiger partial charge in [-0.15, -0.1) is 10.2 Å². The molecule has 5 heteroatoms. The molecule has 3 rings (SSSR count). The predicted molar refractivity (Wildman–Crippen MR) is 49.0 cm³/mol. The molecule has 0 N–H and O–H groups in total. The Bertz CT molecular complexity index is 401. The molecule has 0 spiro atoms. The molecule has 0 saturated heterocycles. The van der Waals surface area contributed by atoms with Gasteiger partial charge in [-0.05, 0) is 18.9 Å². The van der Waals surface area contributed by atoms with Crippen molar-refractivity contribution in [2.75, 3.05) is 0 Å². The van der Waals surface area contributed by atoms with Gasteiger partial charge in [-0.2, -0.15) is 5.10 Å². The molecule has 13 heavy (non-hydrogen) atoms. The lowest BCUT2D eigenvalue weighted by Gasteiger charge is -1.89. The van der Waals surface area contributed by atoms with Crippen LogP contribution in [-0.4, -0.2) is 20.0 Å². The third-order valence-electron chi connectivity index (χ3n) is 2.06. The highest BCUT2D eigenvalue weighted by atomic mass is 32.1. The van der Waals surface area contributed by atoms with Gasteiger partial charge in [0.2, 0.25) is 5.13 Å². The zero-order chi connectivity index (χ0) is 8.67. The smallest absolute Gasteiger partial charge is 0.212 e. The van der Waals surface area contributed by atoms with E-state index in [2.05, 4.69) is 15.3 Å². The van der Waals surface area contributed by atoms with E-state index in [0.29, 0.717) is 5.92 Å². The van der Waals surface area contributed by atoms with Crippen molar-refractivity contribution >= 4 is 11.3 Å². The summed E-state index contributed by atoms with van der Waals surface area (Å²) in [6.07, 6.45) is 6.18. The lowest BCUT2D eigenvalue weighted by molar-refractivity contribution is 0.839. The van der Waals surface area contributed by atoms with Gasteiger partial charge in [0, 0.05) is 18.3 Å². The summed E-state index contributed by atoms with van der Waals surface area (Å²) in [6.45, 7) is 0. The average molecular weight is 192 g/mol. The average Bonchev–Trinajstić information content (AvgIpc) is 2.72. The van der Waals surface area contributed by atoms with E-state index in [9.17, 15) is 0 Å². The Kier molecular flexibility index (Phi) is 1.46. The Labute approximate surface area is 79.2 Å². The normalized spacial score (nSPS) is 16.3. The van der Waals surface area contributed by atoms with Crippen LogP contribution in [0.2, 0.25) is 0 Å². The van der Waals surface area contributed by atoms with Crippen LogP contribution in [0.4, 0.5) is 0 Å². The van der Waals surface area contributed by atoms with Crippen molar-refractivity contribution in [2.45, 2.75) is 18.8 Å². The molecule has 66 valence electrons. The van der Waals surface area contributed by atoms with E-state index in [0.717, 1.165) is 10.1 Å². The van der Waals surface area contributed by atoms with Gasteiger partial charge >= 0.3 is 0 Å². The van der Waals surface area contributed by atoms with Crippen LogP contribution in [0.25, 0.3) is 5.13 Å². The lowest BCUT2D eigenvalue weighted by Crippen LogP contribution is -1.92. The topological polar surface area (TPSA) is 43.6 Å². The minimum atomic E-state index is 0.682. The molecular formula is C8H8N4S. The molecule has 2 aromatic heterocycles. The summed E-state index contributed by atoms with van der Waals surface area (Å²) in [7, 11) is 0. The molecule has 4 nitrogen and oxygen atoms in total. The second kappa shape index (κ2) is 2.63. The first-order chi connectivity index (χ1) is 6.43. The fourth-order valence-electron chi connectivity index (χ4n) is 1.20. The van der Waals surface area contributed by atoms with Crippen molar-refractivity contribution in [3.05, 3.63) is 23.5 Å². The minimum Gasteiger partial charge on any atom is -0.212 e. The molecule has 0 unspecified atom stereocenters. The third kappa shape index (κ3) is 1.25. The van der Waals surface area contributed by atoms with Gasteiger partial charge in [-0.25, -0.2) is 4.68 Å². The highest BCUT2D eigenvalue weighted by Crippen LogP contribution is 2.41. The van der Waals surface area contributed by atoms with Crippen molar-refractivity contribution < 1.29 is 0 Å². The van der Waals surface area contributed by atoms with Crippen molar-refractivity contribution in [3.8, 4) is 5.13 Å². The van der Waals surface area contributed by atoms with Crippen molar-refractivity contribution in [1.29, 1.82) is 0 Å². The molecule has 2 heterocycles. The first-order valence-electron chi connectivity index (χ1n) is 4.27. The maximum Gasteiger partial charge on any atom is 0.232 e. The molecule has 1 aliphatic rings. The van der Waals surface area contributed by atoms with E-state index < -0.39 is 0 Å². The molecule has 1 fully saturated rings. The van der Waals surface area contributed by atoms with Gasteiger partial charge in [0.05, 0.1) is 0 Å². The van der Waals surface area contributed by atoms with Crippen LogP contribution in [0.1, 0.15) is 23.8 Å². The molecule has 1 aliphatic carbocycles. The number of aromatic nitrogens is 4. The van der Waals surface area contributed by atoms with Crippen molar-refractivity contribution in [2.24, 2.45) is 0 Å². The molecule has 0 aromatic carbocycles. The van der Waals surface area contributed by atoms with Crippen LogP contribution in [-0.2, 0) is 0 Å². The Morgan fingerprint density at radius 3 is 3.00 bits per heavy atom. The standard InChI is InChI=1S/C8H8N4S/c1-4-9-12(5-1)8-11-10-7(13-8)6-2-3-6/h1,4-6H,2-3H2. The van der Waals surface area contributed by atoms with Gasteiger partial charge < -0.3 is 0 Å². The number of hydrogen-bond donors (Lipinski definition) is 0. The molecule has 1 saturated carbocycles. The predicted octanol–water partition coefficient (Wildman–Crippen LogP) is 1.60. The van der Waals surface area contributed by atoms with Gasteiger partial charge in [-0.1, -0.05) is 11.3 Å². The molecular weight excluding hydrogens is 184 g/mol. The highest BCUT2D eigenvalue weighted by Gasteiger charge is 2.27. The first-order valence-corrected chi connectivity index (χ1v) is 5.08. The monoisotopic (exact) mass is 192 g/mol. The zero-order valence-electron chi connectivity index (χ0n) is 6.92. The minimum absolute atomic E-state index is 0.682. The van der Waals surface area contributed by atoms with Crippen LogP contribution in [0.15, 0.2) is 18.5 Å². The van der Waals surface area contributed by atoms with Gasteiger partial charge in [0.1, 0.15) is 5.01 Å². The van der Waals surface area contributed by atoms with E-state index in [1.165, 1.54) is 12.8 Å². The molecule has 0 atom stereocenters. The maximum atomic E-state index is 4.14. The summed E-state index contributed by atoms with van der Waals surface area (Å²) in [5, 5.41) is 14.4. The van der Waals surface area contributed by atoms with E-state index >= 15 is 0 Å². The fraction of sp³-hybridized carbons (Fsp3) is 0.375. The molecule has 2 aromatic rings. The van der Waals surface area contributed by atoms with E-state index in [1.807, 2.05) is 12.3 Å². The second-order valence-corrected chi connectivity index (χ2v) is 4.14. The summed E-state index contributed by atoms with van der Waals surface area (Å²) in [5.41, 5.74) is 0. The molecule has 0 amide bonds. The number of hydrogen-bond acceptors (Lipinski definition) is 4. The van der Waals surface area contributed by atoms with Crippen LogP contribution in [0, 0.1) is 0 Å². The lowest BCUT2D eigenvalue weighted by atomic mass is 10.5. The van der Waals surface area contributed by atoms with Crippen LogP contribution in [0.3, 0.4) is 0 Å². The van der Waals surface area contributed by atoms with E-state index in [4.69, 9.17) is 0 Å². The first kappa shape index (κ1) is 7.20. The van der Waals surface area contributed by atoms with Crippen LogP contribution in [0.5, 0.6) is 0 Å². The number of rotatable bonds is 2. The molecule has 0 aliphatic heterocycles. The second-order valence-electron chi connectivity index (χ2n) is 3.15. The Morgan fingerprint density at radius 1 is 1.38 bits per heavy atom. The quantitative estimate of drug-likeness (QED) is 0.726. The highest BCUT2D eigenvalue weighted by molar-refractivity contribution is 7.13. The summed E-state index contributed by atoms with van der Waals surface area (Å²) in [5.74, 6) is 0.682. The van der Waals surface area contributed by atoms with Crippen LogP contribution < -0.4 is 0 Å². The Balaban J connectivity index is 1.97. The van der Waals surface area contributed by atoms with Crippen LogP contribution >= 0.6 is 11.3 Å². The summed E-state index contributed by atoms with van der Waals surface area (Å²) in [6, 6.07) is 1.89. The van der Waals surface area contributed by atoms with E-state index in [-0.39, 0.29) is 0 Å². The fourth-order valence-corrected chi connectivity index (χ4v) is 2.15. The van der Waals surface area contributed by atoms with Crippen molar-refractivity contribution in [1.82, 2.24) is 20.0 Å². The number of nitrogens with zero attached hydrogens (tertiary/aromatic N) is 4. The zero-order valence-corrected chi connectivity index (χ0v) is 7.74. The molecule has 0 radical (unpaired) electrons. The van der Waals surface area contributed by atoms with Crippen molar-refractivity contribution in [3.63, 3.8) is 0 Å². The van der Waals surface area contributed by atoms with E-state index in [1.54, 1.807) is 22.2 Å². The van der Waals surface area contributed by atoms with Gasteiger partial charge in [0.15, 0.2) is 0 Å². The Morgan fingerprint density at radius 2 is 2.31 bits per heavy atom. The SMILES string of the molecule is c1cnn(-c2nnc(C3CC3)s2)c1. The Hall–Kier alpha value is -1.23. The summed E-state index contributed by atoms with van der Waals surface area (Å²) >= 11 is 1.64. The molecule has 0 bridgehead atoms. The van der Waals surface area contributed by atoms with Gasteiger partial charge in [-0.3, -0.25) is 0 Å². The summed E-state index contributed by atoms with van der Waals surface area (Å²) < 4.78 is 1.75. The third-order valence-corrected chi connectivity index (χ3v) is 3.13. The van der Waals surface area contributed by atoms with Gasteiger partial charge in [0.25, 0.3) is 0 Å².